The fourth-order valence-corrected chi connectivity index (χ4v) is 1.44. The molecule has 13 heavy (non-hydrogen) atoms. The number of amides is 1. The van der Waals surface area contributed by atoms with Crippen molar-refractivity contribution < 1.29 is 4.79 Å². The molecule has 0 aliphatic carbocycles. The molecule has 0 aromatic heterocycles. The molecule has 0 aromatic carbocycles. The summed E-state index contributed by atoms with van der Waals surface area (Å²) in [5.41, 5.74) is 8.80. The minimum Gasteiger partial charge on any atom is -0.326 e. The molecule has 2 atom stereocenters. The summed E-state index contributed by atoms with van der Waals surface area (Å²) in [5, 5.41) is 1.65. The first-order chi connectivity index (χ1) is 6.00. The molecule has 1 amide bonds. The fourth-order valence-electron chi connectivity index (χ4n) is 1.44. The van der Waals surface area contributed by atoms with Crippen molar-refractivity contribution >= 4 is 5.91 Å². The molecule has 0 saturated carbocycles. The Morgan fingerprint density at radius 3 is 2.62 bits per heavy atom. The van der Waals surface area contributed by atoms with E-state index in [2.05, 4.69) is 19.3 Å². The maximum absolute atomic E-state index is 11.4. The molecule has 4 heteroatoms. The molecule has 1 rings (SSSR count). The van der Waals surface area contributed by atoms with E-state index in [4.69, 9.17) is 5.73 Å². The van der Waals surface area contributed by atoms with Crippen LogP contribution in [0.5, 0.6) is 0 Å². The van der Waals surface area contributed by atoms with Crippen LogP contribution < -0.4 is 11.2 Å². The van der Waals surface area contributed by atoms with Gasteiger partial charge in [0.25, 0.3) is 0 Å². The van der Waals surface area contributed by atoms with Crippen LogP contribution in [0.3, 0.4) is 0 Å². The van der Waals surface area contributed by atoms with E-state index in [0.717, 1.165) is 0 Å². The Bertz CT molecular complexity index is 191. The van der Waals surface area contributed by atoms with Gasteiger partial charge in [0.05, 0.1) is 6.54 Å². The number of hydrogen-bond donors (Lipinski definition) is 2. The van der Waals surface area contributed by atoms with Crippen LogP contribution in [0.2, 0.25) is 0 Å². The monoisotopic (exact) mass is 185 g/mol. The Labute approximate surface area is 79.4 Å². The molecule has 0 spiro atoms. The lowest BCUT2D eigenvalue weighted by molar-refractivity contribution is -0.129. The summed E-state index contributed by atoms with van der Waals surface area (Å²) in [7, 11) is 0. The normalized spacial score (nSPS) is 25.8. The van der Waals surface area contributed by atoms with Crippen molar-refractivity contribution in [1.82, 2.24) is 10.4 Å². The Balaban J connectivity index is 2.47. The number of carbonyl (C=O) groups is 1. The number of nitrogens with zero attached hydrogens (tertiary/aromatic N) is 1. The molecule has 0 aromatic rings. The zero-order valence-corrected chi connectivity index (χ0v) is 8.58. The fraction of sp³-hybridized carbons (Fsp3) is 0.889. The maximum Gasteiger partial charge on any atom is 0.238 e. The van der Waals surface area contributed by atoms with Gasteiger partial charge in [0.2, 0.25) is 5.91 Å². The summed E-state index contributed by atoms with van der Waals surface area (Å²) in [6.45, 7) is 6.72. The Morgan fingerprint density at radius 2 is 2.23 bits per heavy atom. The molecule has 2 unspecified atom stereocenters. The summed E-state index contributed by atoms with van der Waals surface area (Å²) < 4.78 is 0. The summed E-state index contributed by atoms with van der Waals surface area (Å²) in [5.74, 6) is 0.651. The number of nitrogens with one attached hydrogen (secondary N) is 1. The Hall–Kier alpha value is -0.610. The molecule has 76 valence electrons. The third-order valence-corrected chi connectivity index (χ3v) is 2.29. The van der Waals surface area contributed by atoms with E-state index in [1.165, 1.54) is 0 Å². The van der Waals surface area contributed by atoms with Crippen LogP contribution in [0.25, 0.3) is 0 Å². The minimum atomic E-state index is 0.0300. The summed E-state index contributed by atoms with van der Waals surface area (Å²) >= 11 is 0. The highest BCUT2D eigenvalue weighted by Gasteiger charge is 2.30. The van der Waals surface area contributed by atoms with Gasteiger partial charge in [-0.25, -0.2) is 5.43 Å². The van der Waals surface area contributed by atoms with E-state index in [1.807, 2.05) is 6.92 Å². The highest BCUT2D eigenvalue weighted by atomic mass is 16.2. The van der Waals surface area contributed by atoms with Crippen LogP contribution >= 0.6 is 0 Å². The van der Waals surface area contributed by atoms with Gasteiger partial charge in [-0.05, 0) is 12.8 Å². The van der Waals surface area contributed by atoms with Gasteiger partial charge in [0.15, 0.2) is 0 Å². The SMILES string of the molecule is CC(N)CN1NC(C(C)C)CC1=O. The summed E-state index contributed by atoms with van der Waals surface area (Å²) in [6, 6.07) is 0.314. The second kappa shape index (κ2) is 4.07. The van der Waals surface area contributed by atoms with Crippen molar-refractivity contribution in [2.75, 3.05) is 6.54 Å². The third-order valence-electron chi connectivity index (χ3n) is 2.29. The molecule has 0 radical (unpaired) electrons. The van der Waals surface area contributed by atoms with Crippen molar-refractivity contribution in [3.63, 3.8) is 0 Å². The van der Waals surface area contributed by atoms with Gasteiger partial charge in [0, 0.05) is 18.5 Å². The quantitative estimate of drug-likeness (QED) is 0.655. The molecule has 1 fully saturated rings. The molecule has 1 heterocycles. The van der Waals surface area contributed by atoms with E-state index >= 15 is 0 Å². The lowest BCUT2D eigenvalue weighted by atomic mass is 10.0. The van der Waals surface area contributed by atoms with E-state index in [9.17, 15) is 4.79 Å². The topological polar surface area (TPSA) is 58.4 Å². The summed E-state index contributed by atoms with van der Waals surface area (Å²) in [4.78, 5) is 11.4. The zero-order chi connectivity index (χ0) is 10.0. The van der Waals surface area contributed by atoms with Gasteiger partial charge in [-0.2, -0.15) is 0 Å². The van der Waals surface area contributed by atoms with Crippen molar-refractivity contribution in [3.8, 4) is 0 Å². The van der Waals surface area contributed by atoms with E-state index in [-0.39, 0.29) is 18.0 Å². The molecular formula is C9H19N3O. The van der Waals surface area contributed by atoms with Crippen molar-refractivity contribution in [2.45, 2.75) is 39.3 Å². The van der Waals surface area contributed by atoms with Gasteiger partial charge in [-0.3, -0.25) is 9.80 Å². The molecular weight excluding hydrogens is 166 g/mol. The number of nitrogens with two attached hydrogens (primary N) is 1. The molecule has 1 aliphatic rings. The van der Waals surface area contributed by atoms with Crippen LogP contribution in [-0.2, 0) is 4.79 Å². The van der Waals surface area contributed by atoms with Gasteiger partial charge in [-0.1, -0.05) is 13.8 Å². The predicted octanol–water partition coefficient (Wildman–Crippen LogP) is 0.0951. The van der Waals surface area contributed by atoms with Gasteiger partial charge in [-0.15, -0.1) is 0 Å². The molecule has 1 saturated heterocycles. The van der Waals surface area contributed by atoms with Crippen LogP contribution in [-0.4, -0.2) is 29.5 Å². The van der Waals surface area contributed by atoms with Gasteiger partial charge < -0.3 is 5.73 Å². The smallest absolute Gasteiger partial charge is 0.238 e. The van der Waals surface area contributed by atoms with E-state index in [0.29, 0.717) is 18.9 Å². The van der Waals surface area contributed by atoms with Crippen LogP contribution in [0.4, 0.5) is 0 Å². The second-order valence-electron chi connectivity index (χ2n) is 4.17. The molecule has 3 N–H and O–H groups in total. The summed E-state index contributed by atoms with van der Waals surface area (Å²) in [6.07, 6.45) is 0.602. The van der Waals surface area contributed by atoms with E-state index < -0.39 is 0 Å². The predicted molar refractivity (Wildman–Crippen MR) is 51.7 cm³/mol. The van der Waals surface area contributed by atoms with Gasteiger partial charge >= 0.3 is 0 Å². The number of hydrazine groups is 1. The first-order valence-electron chi connectivity index (χ1n) is 4.83. The second-order valence-corrected chi connectivity index (χ2v) is 4.17. The Morgan fingerprint density at radius 1 is 1.62 bits per heavy atom. The average Bonchev–Trinajstić information content (AvgIpc) is 2.31. The first-order valence-corrected chi connectivity index (χ1v) is 4.83. The maximum atomic E-state index is 11.4. The highest BCUT2D eigenvalue weighted by molar-refractivity contribution is 5.78. The average molecular weight is 185 g/mol. The standard InChI is InChI=1S/C9H19N3O/c1-6(2)8-4-9(13)12(11-8)5-7(3)10/h6-8,11H,4-5,10H2,1-3H3. The van der Waals surface area contributed by atoms with Crippen molar-refractivity contribution in [1.29, 1.82) is 0 Å². The Kier molecular flexibility index (Phi) is 3.27. The third kappa shape index (κ3) is 2.67. The van der Waals surface area contributed by atoms with E-state index in [1.54, 1.807) is 5.01 Å². The highest BCUT2D eigenvalue weighted by Crippen LogP contribution is 2.14. The minimum absolute atomic E-state index is 0.0300. The molecule has 1 aliphatic heterocycles. The first kappa shape index (κ1) is 10.5. The largest absolute Gasteiger partial charge is 0.326 e. The lowest BCUT2D eigenvalue weighted by Crippen LogP contribution is -2.44. The van der Waals surface area contributed by atoms with Gasteiger partial charge in [0.1, 0.15) is 0 Å². The lowest BCUT2D eigenvalue weighted by Gasteiger charge is -2.21. The molecule has 4 nitrogen and oxygen atoms in total. The van der Waals surface area contributed by atoms with Crippen molar-refractivity contribution in [2.24, 2.45) is 11.7 Å². The number of rotatable bonds is 3. The number of hydrogen-bond acceptors (Lipinski definition) is 3. The number of carbonyl (C=O) groups excluding carboxylic acids is 1. The zero-order valence-electron chi connectivity index (χ0n) is 8.58. The van der Waals surface area contributed by atoms with Crippen molar-refractivity contribution in [3.05, 3.63) is 0 Å². The van der Waals surface area contributed by atoms with Crippen LogP contribution in [0.1, 0.15) is 27.2 Å². The molecule has 0 bridgehead atoms. The van der Waals surface area contributed by atoms with Crippen LogP contribution in [0, 0.1) is 5.92 Å². The van der Waals surface area contributed by atoms with Crippen LogP contribution in [0.15, 0.2) is 0 Å².